The summed E-state index contributed by atoms with van der Waals surface area (Å²) < 4.78 is 126. The SMILES string of the molecule is O=S(=O)(O)c1cc2c(s1)-c1c(c(C(CCCCCCCCC(c3nn(-c4ccc(Cl)cc4Cl)c4c3CCc3ccsc3-4)C(F)(F)F)C(F)(F)F)nn1-c1ccc(Cl)cc1Cl)CC2. The Morgan fingerprint density at radius 1 is 0.645 bits per heavy atom. The zero-order valence-corrected chi connectivity index (χ0v) is 37.9. The number of alkyl halides is 6. The summed E-state index contributed by atoms with van der Waals surface area (Å²) in [5, 5.41) is 12.1. The normalized spacial score (nSPS) is 15.0. The molecule has 0 spiro atoms. The minimum atomic E-state index is -4.69. The Balaban J connectivity index is 0.958. The standard InChI is InChI=1S/C42H36Cl4F6N4O3S3/c43-24-11-15-32(30(45)20-24)55-37-26(13-9-22-17-18-60-39(22)37)35(53-55)28(41(47,48)49)7-5-3-1-2-4-6-8-29(42(50,51)52)36-27-14-10-23-19-34(62(57,58)59)61-40(23)38(27)56(54-36)33-16-12-25(44)21-31(33)46/h11-12,15-21,28-29H,1-10,13-14H2,(H,57,58,59). The highest BCUT2D eigenvalue weighted by Gasteiger charge is 2.46. The van der Waals surface area contributed by atoms with Gasteiger partial charge in [-0.3, -0.25) is 4.55 Å². The summed E-state index contributed by atoms with van der Waals surface area (Å²) in [5.41, 5.74) is 3.79. The molecule has 6 aromatic rings. The molecule has 0 saturated heterocycles. The smallest absolute Gasteiger partial charge is 0.281 e. The average Bonchev–Trinajstić information content (AvgIpc) is 3.98. The molecule has 2 aliphatic carbocycles. The van der Waals surface area contributed by atoms with Gasteiger partial charge in [0.05, 0.1) is 65.8 Å². The minimum absolute atomic E-state index is 0.0205. The first-order valence-corrected chi connectivity index (χ1v) is 24.4. The molecule has 2 atom stereocenters. The van der Waals surface area contributed by atoms with Crippen LogP contribution in [-0.4, -0.2) is 44.9 Å². The van der Waals surface area contributed by atoms with E-state index in [9.17, 15) is 39.3 Å². The molecule has 0 aliphatic heterocycles. The quantitative estimate of drug-likeness (QED) is 0.0667. The van der Waals surface area contributed by atoms with Crippen molar-refractivity contribution in [2.24, 2.45) is 0 Å². The Bertz CT molecular complexity index is 2760. The number of nitrogens with zero attached hydrogens (tertiary/aromatic N) is 4. The summed E-state index contributed by atoms with van der Waals surface area (Å²) in [6, 6.07) is 12.5. The van der Waals surface area contributed by atoms with Crippen LogP contribution in [0.2, 0.25) is 20.1 Å². The number of hydrogen-bond donors (Lipinski definition) is 1. The van der Waals surface area contributed by atoms with Crippen molar-refractivity contribution in [3.63, 3.8) is 0 Å². The Hall–Kier alpha value is -3.09. The third-order valence-corrected chi connectivity index (χ3v) is 16.0. The summed E-state index contributed by atoms with van der Waals surface area (Å²) in [6.45, 7) is 0. The molecule has 8 rings (SSSR count). The van der Waals surface area contributed by atoms with E-state index in [1.54, 1.807) is 12.1 Å². The van der Waals surface area contributed by atoms with E-state index in [-0.39, 0.29) is 75.5 Å². The number of halogens is 10. The highest BCUT2D eigenvalue weighted by atomic mass is 35.5. The summed E-state index contributed by atoms with van der Waals surface area (Å²) in [5.74, 6) is -3.78. The van der Waals surface area contributed by atoms with Gasteiger partial charge in [-0.05, 0) is 104 Å². The first-order valence-electron chi connectivity index (χ1n) is 19.8. The number of aryl methyl sites for hydroxylation is 2. The number of aromatic nitrogens is 4. The van der Waals surface area contributed by atoms with E-state index in [0.29, 0.717) is 81.5 Å². The second kappa shape index (κ2) is 17.7. The van der Waals surface area contributed by atoms with E-state index in [4.69, 9.17) is 46.4 Å². The van der Waals surface area contributed by atoms with Gasteiger partial charge in [-0.15, -0.1) is 22.7 Å². The molecule has 4 heterocycles. The molecule has 0 amide bonds. The van der Waals surface area contributed by atoms with Crippen LogP contribution >= 0.6 is 69.1 Å². The van der Waals surface area contributed by atoms with Crippen molar-refractivity contribution in [1.82, 2.24) is 19.6 Å². The van der Waals surface area contributed by atoms with Gasteiger partial charge in [-0.2, -0.15) is 45.0 Å². The van der Waals surface area contributed by atoms with E-state index in [0.717, 1.165) is 21.8 Å². The molecule has 330 valence electrons. The molecule has 1 N–H and O–H groups in total. The maximum atomic E-state index is 14.9. The Kier molecular flexibility index (Phi) is 13.0. The lowest BCUT2D eigenvalue weighted by atomic mass is 9.87. The fourth-order valence-electron chi connectivity index (χ4n) is 8.60. The maximum absolute atomic E-state index is 14.9. The van der Waals surface area contributed by atoms with Gasteiger partial charge < -0.3 is 0 Å². The van der Waals surface area contributed by atoms with Gasteiger partial charge in [0.25, 0.3) is 0 Å². The lowest BCUT2D eigenvalue weighted by Crippen LogP contribution is -2.23. The molecule has 2 aliphatic rings. The molecule has 2 aromatic carbocycles. The molecule has 0 fully saturated rings. The van der Waals surface area contributed by atoms with Crippen LogP contribution in [0.25, 0.3) is 32.5 Å². The highest BCUT2D eigenvalue weighted by molar-refractivity contribution is 7.88. The van der Waals surface area contributed by atoms with Crippen molar-refractivity contribution in [1.29, 1.82) is 0 Å². The molecule has 2 unspecified atom stereocenters. The van der Waals surface area contributed by atoms with Crippen LogP contribution in [0, 0.1) is 0 Å². The predicted octanol–water partition coefficient (Wildman–Crippen LogP) is 14.7. The fourth-order valence-corrected chi connectivity index (χ4v) is 12.6. The fraction of sp³-hybridized carbons (Fsp3) is 0.381. The molecular weight excluding hydrogens is 960 g/mol. The molecule has 7 nitrogen and oxygen atoms in total. The third-order valence-electron chi connectivity index (χ3n) is 11.5. The van der Waals surface area contributed by atoms with Crippen molar-refractivity contribution >= 4 is 79.2 Å². The summed E-state index contributed by atoms with van der Waals surface area (Å²) in [4.78, 5) is 1.22. The van der Waals surface area contributed by atoms with Crippen LogP contribution in [-0.2, 0) is 35.8 Å². The molecule has 0 saturated carbocycles. The number of benzene rings is 2. The van der Waals surface area contributed by atoms with Crippen LogP contribution in [0.15, 0.2) is 58.1 Å². The van der Waals surface area contributed by atoms with E-state index in [1.807, 2.05) is 11.4 Å². The van der Waals surface area contributed by atoms with E-state index in [1.165, 1.54) is 51.0 Å². The number of fused-ring (bicyclic) bond motifs is 6. The first kappa shape index (κ1) is 45.5. The molecule has 0 radical (unpaired) electrons. The van der Waals surface area contributed by atoms with Crippen LogP contribution in [0.4, 0.5) is 26.3 Å². The lowest BCUT2D eigenvalue weighted by molar-refractivity contribution is -0.154. The van der Waals surface area contributed by atoms with Gasteiger partial charge in [0, 0.05) is 21.2 Å². The summed E-state index contributed by atoms with van der Waals surface area (Å²) >= 11 is 27.5. The van der Waals surface area contributed by atoms with Crippen molar-refractivity contribution in [2.45, 2.75) is 105 Å². The van der Waals surface area contributed by atoms with Crippen molar-refractivity contribution in [3.05, 3.63) is 108 Å². The minimum Gasteiger partial charge on any atom is -0.281 e. The number of thiophene rings is 2. The summed E-state index contributed by atoms with van der Waals surface area (Å²) in [7, 11) is -4.59. The van der Waals surface area contributed by atoms with Crippen LogP contribution < -0.4 is 0 Å². The third kappa shape index (κ3) is 9.09. The van der Waals surface area contributed by atoms with Crippen molar-refractivity contribution < 1.29 is 39.3 Å². The number of hydrogen-bond acceptors (Lipinski definition) is 6. The Labute approximate surface area is 381 Å². The topological polar surface area (TPSA) is 90.0 Å². The largest absolute Gasteiger partial charge is 0.397 e. The Morgan fingerprint density at radius 2 is 1.11 bits per heavy atom. The average molecular weight is 997 g/mol. The second-order valence-electron chi connectivity index (χ2n) is 15.5. The molecule has 62 heavy (non-hydrogen) atoms. The van der Waals surface area contributed by atoms with Crippen LogP contribution in [0.3, 0.4) is 0 Å². The molecule has 0 bridgehead atoms. The van der Waals surface area contributed by atoms with Gasteiger partial charge in [0.2, 0.25) is 0 Å². The molecule has 4 aromatic heterocycles. The highest BCUT2D eigenvalue weighted by Crippen LogP contribution is 2.50. The predicted molar refractivity (Wildman–Crippen MR) is 233 cm³/mol. The van der Waals surface area contributed by atoms with Gasteiger partial charge in [0.1, 0.15) is 4.21 Å². The first-order chi connectivity index (χ1) is 29.3. The lowest BCUT2D eigenvalue weighted by Gasteiger charge is -2.21. The van der Waals surface area contributed by atoms with Gasteiger partial charge in [-0.25, -0.2) is 9.36 Å². The summed E-state index contributed by atoms with van der Waals surface area (Å²) in [6.07, 6.45) is -6.05. The van der Waals surface area contributed by atoms with Gasteiger partial charge in [-0.1, -0.05) is 84.9 Å². The van der Waals surface area contributed by atoms with Crippen molar-refractivity contribution in [2.75, 3.05) is 0 Å². The number of unbranched alkanes of at least 4 members (excludes halogenated alkanes) is 5. The monoisotopic (exact) mass is 994 g/mol. The van der Waals surface area contributed by atoms with Crippen molar-refractivity contribution in [3.8, 4) is 32.5 Å². The van der Waals surface area contributed by atoms with Gasteiger partial charge >= 0.3 is 22.5 Å². The number of rotatable bonds is 14. The zero-order chi connectivity index (χ0) is 44.3. The molecular formula is C42H36Cl4F6N4O3S3. The van der Waals surface area contributed by atoms with Crippen LogP contribution in [0.1, 0.15) is 96.8 Å². The molecule has 20 heteroatoms. The van der Waals surface area contributed by atoms with E-state index < -0.39 is 34.3 Å². The van der Waals surface area contributed by atoms with E-state index in [2.05, 4.69) is 10.2 Å². The van der Waals surface area contributed by atoms with Gasteiger partial charge in [0.15, 0.2) is 0 Å². The zero-order valence-electron chi connectivity index (χ0n) is 32.4. The van der Waals surface area contributed by atoms with Crippen LogP contribution in [0.5, 0.6) is 0 Å². The second-order valence-corrected chi connectivity index (χ2v) is 20.8. The van der Waals surface area contributed by atoms with E-state index >= 15 is 0 Å². The maximum Gasteiger partial charge on any atom is 0.397 e. The Morgan fingerprint density at radius 3 is 1.58 bits per heavy atom.